The van der Waals surface area contributed by atoms with E-state index in [0.29, 0.717) is 10.1 Å². The molecule has 0 radical (unpaired) electrons. The Morgan fingerprint density at radius 1 is 0.885 bits per heavy atom. The minimum absolute atomic E-state index is 0.0958. The molecule has 0 unspecified atom stereocenters. The largest absolute Gasteiger partial charge is 0.271 e. The van der Waals surface area contributed by atoms with Crippen LogP contribution in [0.1, 0.15) is 5.69 Å². The Balaban J connectivity index is 1.77. The van der Waals surface area contributed by atoms with E-state index in [1.54, 1.807) is 17.2 Å². The Bertz CT molecular complexity index is 970. The van der Waals surface area contributed by atoms with Crippen LogP contribution >= 0.6 is 11.8 Å². The van der Waals surface area contributed by atoms with Crippen molar-refractivity contribution < 1.29 is 4.79 Å². The number of carbonyl (C=O) groups is 1. The maximum absolute atomic E-state index is 13.0. The molecule has 126 valence electrons. The predicted molar refractivity (Wildman–Crippen MR) is 107 cm³/mol. The topological polar surface area (TPSA) is 45.6 Å². The van der Waals surface area contributed by atoms with Gasteiger partial charge in [-0.3, -0.25) is 14.7 Å². The molecule has 1 aliphatic heterocycles. The standard InChI is InChI=1S/C21H15N3OS/c25-20-19(15-17-11-7-8-14-22-17)26-21(23-16-9-3-1-4-10-16)24(20)18-12-5-2-6-13-18/h1-15H/b19-15+,23-21?. The number of hydrogen-bond acceptors (Lipinski definition) is 4. The average molecular weight is 357 g/mol. The molecule has 0 atom stereocenters. The molecule has 0 spiro atoms. The van der Waals surface area contributed by atoms with Crippen LogP contribution in [0, 0.1) is 0 Å². The lowest BCUT2D eigenvalue weighted by Gasteiger charge is -2.15. The molecule has 1 amide bonds. The highest BCUT2D eigenvalue weighted by Gasteiger charge is 2.34. The van der Waals surface area contributed by atoms with Crippen molar-refractivity contribution in [2.75, 3.05) is 4.90 Å². The molecule has 3 aromatic rings. The fourth-order valence-electron chi connectivity index (χ4n) is 2.56. The first-order chi connectivity index (χ1) is 12.8. The number of rotatable bonds is 3. The fourth-order valence-corrected chi connectivity index (χ4v) is 3.55. The van der Waals surface area contributed by atoms with E-state index < -0.39 is 0 Å². The number of amides is 1. The predicted octanol–water partition coefficient (Wildman–Crippen LogP) is 4.89. The van der Waals surface area contributed by atoms with Gasteiger partial charge in [-0.1, -0.05) is 42.5 Å². The number of hydrogen-bond donors (Lipinski definition) is 0. The monoisotopic (exact) mass is 357 g/mol. The quantitative estimate of drug-likeness (QED) is 0.627. The van der Waals surface area contributed by atoms with Crippen molar-refractivity contribution >= 4 is 40.3 Å². The summed E-state index contributed by atoms with van der Waals surface area (Å²) in [6.07, 6.45) is 3.51. The second-order valence-corrected chi connectivity index (χ2v) is 6.58. The molecular formula is C21H15N3OS. The third-order valence-corrected chi connectivity index (χ3v) is 4.74. The van der Waals surface area contributed by atoms with Crippen LogP contribution in [-0.4, -0.2) is 16.1 Å². The van der Waals surface area contributed by atoms with E-state index >= 15 is 0 Å². The van der Waals surface area contributed by atoms with Gasteiger partial charge in [0.05, 0.1) is 22.0 Å². The Morgan fingerprint density at radius 2 is 1.58 bits per heavy atom. The van der Waals surface area contributed by atoms with Crippen LogP contribution in [0.15, 0.2) is 95.0 Å². The number of aliphatic imine (C=N–C) groups is 1. The zero-order chi connectivity index (χ0) is 17.8. The summed E-state index contributed by atoms with van der Waals surface area (Å²) in [5, 5.41) is 0.634. The van der Waals surface area contributed by atoms with Crippen LogP contribution in [0.5, 0.6) is 0 Å². The van der Waals surface area contributed by atoms with E-state index in [4.69, 9.17) is 0 Å². The van der Waals surface area contributed by atoms with E-state index in [0.717, 1.165) is 17.1 Å². The van der Waals surface area contributed by atoms with Gasteiger partial charge in [0.1, 0.15) is 0 Å². The molecule has 4 nitrogen and oxygen atoms in total. The first-order valence-electron chi connectivity index (χ1n) is 8.15. The van der Waals surface area contributed by atoms with Gasteiger partial charge in [-0.15, -0.1) is 0 Å². The van der Waals surface area contributed by atoms with Crippen LogP contribution in [-0.2, 0) is 4.79 Å². The van der Waals surface area contributed by atoms with Crippen LogP contribution in [0.3, 0.4) is 0 Å². The van der Waals surface area contributed by atoms with Gasteiger partial charge in [0, 0.05) is 6.20 Å². The van der Waals surface area contributed by atoms with Crippen LogP contribution in [0.4, 0.5) is 11.4 Å². The summed E-state index contributed by atoms with van der Waals surface area (Å²) in [6, 6.07) is 24.8. The number of thioether (sulfide) groups is 1. The summed E-state index contributed by atoms with van der Waals surface area (Å²) >= 11 is 1.36. The lowest BCUT2D eigenvalue weighted by Crippen LogP contribution is -2.28. The SMILES string of the molecule is O=C1/C(=C\c2ccccn2)SC(=Nc2ccccc2)N1c1ccccc1. The summed E-state index contributed by atoms with van der Waals surface area (Å²) < 4.78 is 0. The lowest BCUT2D eigenvalue weighted by atomic mass is 10.2. The van der Waals surface area contributed by atoms with Gasteiger partial charge in [0.2, 0.25) is 0 Å². The number of nitrogens with zero attached hydrogens (tertiary/aromatic N) is 3. The van der Waals surface area contributed by atoms with Gasteiger partial charge in [0.15, 0.2) is 5.17 Å². The molecule has 1 saturated heterocycles. The molecule has 5 heteroatoms. The van der Waals surface area contributed by atoms with Crippen molar-refractivity contribution in [3.63, 3.8) is 0 Å². The Hall–Kier alpha value is -3.18. The van der Waals surface area contributed by atoms with Gasteiger partial charge in [-0.25, -0.2) is 4.99 Å². The molecule has 1 fully saturated rings. The van der Waals surface area contributed by atoms with Crippen molar-refractivity contribution in [3.8, 4) is 0 Å². The Morgan fingerprint density at radius 3 is 2.27 bits per heavy atom. The minimum Gasteiger partial charge on any atom is -0.268 e. The minimum atomic E-state index is -0.0958. The normalized spacial score (nSPS) is 17.2. The number of carbonyl (C=O) groups excluding carboxylic acids is 1. The van der Waals surface area contributed by atoms with E-state index in [1.807, 2.05) is 78.9 Å². The van der Waals surface area contributed by atoms with E-state index in [2.05, 4.69) is 9.98 Å². The Labute approximate surface area is 155 Å². The lowest BCUT2D eigenvalue weighted by molar-refractivity contribution is -0.113. The number of anilines is 1. The highest BCUT2D eigenvalue weighted by molar-refractivity contribution is 8.19. The van der Waals surface area contributed by atoms with Crippen molar-refractivity contribution in [1.29, 1.82) is 0 Å². The zero-order valence-electron chi connectivity index (χ0n) is 13.8. The van der Waals surface area contributed by atoms with Gasteiger partial charge < -0.3 is 0 Å². The van der Waals surface area contributed by atoms with E-state index in [1.165, 1.54) is 11.8 Å². The molecule has 0 N–H and O–H groups in total. The highest BCUT2D eigenvalue weighted by atomic mass is 32.2. The smallest absolute Gasteiger partial charge is 0.268 e. The van der Waals surface area contributed by atoms with Crippen molar-refractivity contribution in [2.45, 2.75) is 0 Å². The summed E-state index contributed by atoms with van der Waals surface area (Å²) in [4.78, 5) is 24.2. The molecule has 0 bridgehead atoms. The molecular weight excluding hydrogens is 342 g/mol. The molecule has 2 aromatic carbocycles. The maximum Gasteiger partial charge on any atom is 0.271 e. The molecule has 0 aliphatic carbocycles. The summed E-state index contributed by atoms with van der Waals surface area (Å²) in [7, 11) is 0. The number of benzene rings is 2. The van der Waals surface area contributed by atoms with E-state index in [9.17, 15) is 4.79 Å². The number of aromatic nitrogens is 1. The van der Waals surface area contributed by atoms with Gasteiger partial charge in [-0.2, -0.15) is 0 Å². The van der Waals surface area contributed by atoms with Crippen LogP contribution in [0.25, 0.3) is 6.08 Å². The zero-order valence-corrected chi connectivity index (χ0v) is 14.6. The van der Waals surface area contributed by atoms with Gasteiger partial charge in [0.25, 0.3) is 5.91 Å². The average Bonchev–Trinajstić information content (AvgIpc) is 2.99. The number of para-hydroxylation sites is 2. The van der Waals surface area contributed by atoms with Crippen molar-refractivity contribution in [2.24, 2.45) is 4.99 Å². The van der Waals surface area contributed by atoms with E-state index in [-0.39, 0.29) is 5.91 Å². The summed E-state index contributed by atoms with van der Waals surface area (Å²) in [5.74, 6) is -0.0958. The maximum atomic E-state index is 13.0. The second-order valence-electron chi connectivity index (χ2n) is 5.57. The third-order valence-electron chi connectivity index (χ3n) is 3.77. The molecule has 0 saturated carbocycles. The van der Waals surface area contributed by atoms with Gasteiger partial charge >= 0.3 is 0 Å². The molecule has 26 heavy (non-hydrogen) atoms. The summed E-state index contributed by atoms with van der Waals surface area (Å²) in [6.45, 7) is 0. The number of pyridine rings is 1. The Kier molecular flexibility index (Phi) is 4.62. The molecule has 2 heterocycles. The highest BCUT2D eigenvalue weighted by Crippen LogP contribution is 2.36. The molecule has 1 aromatic heterocycles. The first kappa shape index (κ1) is 16.3. The molecule has 1 aliphatic rings. The van der Waals surface area contributed by atoms with Gasteiger partial charge in [-0.05, 0) is 54.2 Å². The number of amidine groups is 1. The first-order valence-corrected chi connectivity index (χ1v) is 8.97. The van der Waals surface area contributed by atoms with Crippen molar-refractivity contribution in [1.82, 2.24) is 4.98 Å². The molecule has 4 rings (SSSR count). The fraction of sp³-hybridized carbons (Fsp3) is 0. The van der Waals surface area contributed by atoms with Crippen LogP contribution < -0.4 is 4.90 Å². The second kappa shape index (κ2) is 7.37. The third kappa shape index (κ3) is 3.43. The van der Waals surface area contributed by atoms with Crippen molar-refractivity contribution in [3.05, 3.63) is 95.7 Å². The van der Waals surface area contributed by atoms with Crippen LogP contribution in [0.2, 0.25) is 0 Å². The summed E-state index contributed by atoms with van der Waals surface area (Å²) in [5.41, 5.74) is 2.35.